The van der Waals surface area contributed by atoms with Gasteiger partial charge >= 0.3 is 0 Å². The van der Waals surface area contributed by atoms with E-state index in [-0.39, 0.29) is 18.3 Å². The van der Waals surface area contributed by atoms with Gasteiger partial charge in [0.2, 0.25) is 5.91 Å². The van der Waals surface area contributed by atoms with E-state index in [4.69, 9.17) is 0 Å². The smallest absolute Gasteiger partial charge is 0.238 e. The van der Waals surface area contributed by atoms with Crippen molar-refractivity contribution in [1.29, 1.82) is 0 Å². The SMILES string of the molecule is C[C@@H]1CN(CC(=O)Nc2ccc(F)c(F)c2F)CCN1. The normalized spacial score (nSPS) is 19.9. The fraction of sp³-hybridized carbons (Fsp3) is 0.462. The van der Waals surface area contributed by atoms with Gasteiger partial charge in [-0.1, -0.05) is 0 Å². The number of halogens is 3. The molecule has 0 spiro atoms. The van der Waals surface area contributed by atoms with Crippen molar-refractivity contribution in [3.05, 3.63) is 29.6 Å². The molecule has 1 aromatic rings. The number of carbonyl (C=O) groups is 1. The largest absolute Gasteiger partial charge is 0.322 e. The van der Waals surface area contributed by atoms with Crippen molar-refractivity contribution in [3.63, 3.8) is 0 Å². The van der Waals surface area contributed by atoms with Crippen LogP contribution in [0.4, 0.5) is 18.9 Å². The number of hydrogen-bond donors (Lipinski definition) is 2. The maximum Gasteiger partial charge on any atom is 0.238 e. The third kappa shape index (κ3) is 3.49. The quantitative estimate of drug-likeness (QED) is 0.825. The monoisotopic (exact) mass is 287 g/mol. The molecule has 1 aliphatic heterocycles. The molecule has 7 heteroatoms. The predicted molar refractivity (Wildman–Crippen MR) is 68.9 cm³/mol. The molecule has 1 aliphatic rings. The number of piperazine rings is 1. The minimum Gasteiger partial charge on any atom is -0.322 e. The highest BCUT2D eigenvalue weighted by Crippen LogP contribution is 2.19. The second kappa shape index (κ2) is 6.23. The van der Waals surface area contributed by atoms with E-state index >= 15 is 0 Å². The van der Waals surface area contributed by atoms with Crippen molar-refractivity contribution in [2.24, 2.45) is 0 Å². The average Bonchev–Trinajstić information content (AvgIpc) is 2.39. The standard InChI is InChI=1S/C13H16F3N3O/c1-8-6-19(5-4-17-8)7-11(20)18-10-3-2-9(14)12(15)13(10)16/h2-3,8,17H,4-7H2,1H3,(H,18,20)/t8-/m1/s1. The Morgan fingerprint density at radius 2 is 2.15 bits per heavy atom. The highest BCUT2D eigenvalue weighted by atomic mass is 19.2. The lowest BCUT2D eigenvalue weighted by molar-refractivity contribution is -0.117. The number of nitrogens with one attached hydrogen (secondary N) is 2. The third-order valence-electron chi connectivity index (χ3n) is 3.13. The number of amides is 1. The van der Waals surface area contributed by atoms with E-state index in [2.05, 4.69) is 10.6 Å². The molecule has 2 rings (SSSR count). The van der Waals surface area contributed by atoms with E-state index in [9.17, 15) is 18.0 Å². The van der Waals surface area contributed by atoms with Crippen LogP contribution in [0.25, 0.3) is 0 Å². The summed E-state index contributed by atoms with van der Waals surface area (Å²) in [5.74, 6) is -4.70. The molecule has 4 nitrogen and oxygen atoms in total. The van der Waals surface area contributed by atoms with Gasteiger partial charge in [0.25, 0.3) is 0 Å². The second-order valence-electron chi connectivity index (χ2n) is 4.86. The zero-order chi connectivity index (χ0) is 14.7. The molecule has 0 bridgehead atoms. The van der Waals surface area contributed by atoms with E-state index < -0.39 is 23.4 Å². The van der Waals surface area contributed by atoms with Crippen molar-refractivity contribution in [3.8, 4) is 0 Å². The van der Waals surface area contributed by atoms with Crippen molar-refractivity contribution in [1.82, 2.24) is 10.2 Å². The highest BCUT2D eigenvalue weighted by molar-refractivity contribution is 5.92. The first kappa shape index (κ1) is 14.8. The molecule has 1 amide bonds. The van der Waals surface area contributed by atoms with Crippen LogP contribution in [0.1, 0.15) is 6.92 Å². The van der Waals surface area contributed by atoms with Crippen LogP contribution >= 0.6 is 0 Å². The summed E-state index contributed by atoms with van der Waals surface area (Å²) >= 11 is 0. The van der Waals surface area contributed by atoms with Crippen LogP contribution in [0.3, 0.4) is 0 Å². The van der Waals surface area contributed by atoms with E-state index in [1.807, 2.05) is 11.8 Å². The molecular formula is C13H16F3N3O. The molecule has 1 fully saturated rings. The van der Waals surface area contributed by atoms with Gasteiger partial charge in [-0.05, 0) is 19.1 Å². The molecule has 0 aromatic heterocycles. The van der Waals surface area contributed by atoms with Gasteiger partial charge < -0.3 is 10.6 Å². The van der Waals surface area contributed by atoms with Crippen molar-refractivity contribution >= 4 is 11.6 Å². The molecule has 0 saturated carbocycles. The molecule has 0 radical (unpaired) electrons. The Labute approximate surface area is 114 Å². The summed E-state index contributed by atoms with van der Waals surface area (Å²) < 4.78 is 39.2. The average molecular weight is 287 g/mol. The lowest BCUT2D eigenvalue weighted by Gasteiger charge is -2.31. The topological polar surface area (TPSA) is 44.4 Å². The van der Waals surface area contributed by atoms with Gasteiger partial charge in [0.05, 0.1) is 12.2 Å². The Morgan fingerprint density at radius 1 is 1.40 bits per heavy atom. The zero-order valence-corrected chi connectivity index (χ0v) is 11.0. The number of benzene rings is 1. The molecule has 1 atom stereocenters. The van der Waals surface area contributed by atoms with Crippen molar-refractivity contribution < 1.29 is 18.0 Å². The van der Waals surface area contributed by atoms with Gasteiger partial charge in [-0.15, -0.1) is 0 Å². The lowest BCUT2D eigenvalue weighted by atomic mass is 10.2. The van der Waals surface area contributed by atoms with Crippen molar-refractivity contribution in [2.75, 3.05) is 31.5 Å². The van der Waals surface area contributed by atoms with Crippen LogP contribution < -0.4 is 10.6 Å². The summed E-state index contributed by atoms with van der Waals surface area (Å²) in [4.78, 5) is 13.7. The Hall–Kier alpha value is -1.60. The molecule has 2 N–H and O–H groups in total. The summed E-state index contributed by atoms with van der Waals surface area (Å²) in [5, 5.41) is 5.49. The van der Waals surface area contributed by atoms with Crippen LogP contribution in [0, 0.1) is 17.5 Å². The fourth-order valence-electron chi connectivity index (χ4n) is 2.17. The van der Waals surface area contributed by atoms with Crippen LogP contribution in [0.15, 0.2) is 12.1 Å². The van der Waals surface area contributed by atoms with Gasteiger partial charge in [-0.25, -0.2) is 13.2 Å². The summed E-state index contributed by atoms with van der Waals surface area (Å²) in [5.41, 5.74) is -0.350. The molecule has 0 unspecified atom stereocenters. The van der Waals surface area contributed by atoms with Gasteiger partial charge in [-0.3, -0.25) is 9.69 Å². The number of hydrogen-bond acceptors (Lipinski definition) is 3. The van der Waals surface area contributed by atoms with E-state index in [0.717, 1.165) is 18.7 Å². The minimum absolute atomic E-state index is 0.0878. The Balaban J connectivity index is 1.96. The third-order valence-corrected chi connectivity index (χ3v) is 3.13. The van der Waals surface area contributed by atoms with Gasteiger partial charge in [0.15, 0.2) is 17.5 Å². The maximum absolute atomic E-state index is 13.4. The van der Waals surface area contributed by atoms with Crippen LogP contribution in [-0.2, 0) is 4.79 Å². The second-order valence-corrected chi connectivity index (χ2v) is 4.86. The first-order valence-corrected chi connectivity index (χ1v) is 6.36. The molecule has 110 valence electrons. The number of anilines is 1. The molecule has 20 heavy (non-hydrogen) atoms. The van der Waals surface area contributed by atoms with Crippen LogP contribution in [-0.4, -0.2) is 43.0 Å². The fourth-order valence-corrected chi connectivity index (χ4v) is 2.17. The molecule has 1 saturated heterocycles. The Morgan fingerprint density at radius 3 is 2.85 bits per heavy atom. The minimum atomic E-state index is -1.58. The summed E-state index contributed by atoms with van der Waals surface area (Å²) in [6, 6.07) is 2.06. The van der Waals surface area contributed by atoms with E-state index in [1.165, 1.54) is 0 Å². The van der Waals surface area contributed by atoms with Crippen LogP contribution in [0.2, 0.25) is 0 Å². The number of rotatable bonds is 3. The first-order valence-electron chi connectivity index (χ1n) is 6.36. The van der Waals surface area contributed by atoms with Gasteiger partial charge in [0, 0.05) is 25.7 Å². The molecule has 0 aliphatic carbocycles. The van der Waals surface area contributed by atoms with E-state index in [1.54, 1.807) is 0 Å². The summed E-state index contributed by atoms with van der Waals surface area (Å²) in [6.07, 6.45) is 0. The number of carbonyl (C=O) groups excluding carboxylic acids is 1. The number of nitrogens with zero attached hydrogens (tertiary/aromatic N) is 1. The van der Waals surface area contributed by atoms with Crippen LogP contribution in [0.5, 0.6) is 0 Å². The van der Waals surface area contributed by atoms with E-state index in [0.29, 0.717) is 13.1 Å². The van der Waals surface area contributed by atoms with Gasteiger partial charge in [-0.2, -0.15) is 0 Å². The summed E-state index contributed by atoms with van der Waals surface area (Å²) in [7, 11) is 0. The Bertz CT molecular complexity index is 510. The highest BCUT2D eigenvalue weighted by Gasteiger charge is 2.20. The molecule has 1 heterocycles. The molecular weight excluding hydrogens is 271 g/mol. The predicted octanol–water partition coefficient (Wildman–Crippen LogP) is 1.34. The van der Waals surface area contributed by atoms with Gasteiger partial charge in [0.1, 0.15) is 0 Å². The lowest BCUT2D eigenvalue weighted by Crippen LogP contribution is -2.51. The summed E-state index contributed by atoms with van der Waals surface area (Å²) in [6.45, 7) is 4.27. The zero-order valence-electron chi connectivity index (χ0n) is 11.0. The maximum atomic E-state index is 13.4. The Kier molecular flexibility index (Phi) is 4.61. The molecule has 1 aromatic carbocycles. The first-order chi connectivity index (χ1) is 9.47. The van der Waals surface area contributed by atoms with Crippen molar-refractivity contribution in [2.45, 2.75) is 13.0 Å².